The van der Waals surface area contributed by atoms with Crippen molar-refractivity contribution in [1.29, 1.82) is 0 Å². The molecule has 19 heavy (non-hydrogen) atoms. The van der Waals surface area contributed by atoms with Gasteiger partial charge < -0.3 is 10.6 Å². The molecule has 0 aliphatic rings. The highest BCUT2D eigenvalue weighted by Gasteiger charge is 1.98. The first-order chi connectivity index (χ1) is 9.26. The molecule has 0 atom stereocenters. The third-order valence-corrected chi connectivity index (χ3v) is 2.85. The summed E-state index contributed by atoms with van der Waals surface area (Å²) in [5.74, 6) is 0.892. The van der Waals surface area contributed by atoms with Gasteiger partial charge in [-0.05, 0) is 13.3 Å². The Hall–Kier alpha value is -1.52. The van der Waals surface area contributed by atoms with Gasteiger partial charge in [-0.3, -0.25) is 4.68 Å². The van der Waals surface area contributed by atoms with Crippen LogP contribution in [0.25, 0.3) is 0 Å². The van der Waals surface area contributed by atoms with E-state index < -0.39 is 0 Å². The maximum Gasteiger partial charge on any atom is 0.191 e. The van der Waals surface area contributed by atoms with Crippen LogP contribution < -0.4 is 10.6 Å². The highest BCUT2D eigenvalue weighted by Crippen LogP contribution is 1.99. The third-order valence-electron chi connectivity index (χ3n) is 2.85. The Morgan fingerprint density at radius 2 is 2.11 bits per heavy atom. The number of nitrogens with one attached hydrogen (secondary N) is 2. The zero-order chi connectivity index (χ0) is 13.9. The predicted molar refractivity (Wildman–Crippen MR) is 80.2 cm³/mol. The molecule has 1 aromatic rings. The Balaban J connectivity index is 2.33. The summed E-state index contributed by atoms with van der Waals surface area (Å²) in [5.41, 5.74) is 1.13. The molecule has 2 N–H and O–H groups in total. The van der Waals surface area contributed by atoms with E-state index >= 15 is 0 Å². The topological polar surface area (TPSA) is 54.2 Å². The summed E-state index contributed by atoms with van der Waals surface area (Å²) in [6.07, 6.45) is 8.92. The molecule has 0 saturated carbocycles. The number of nitrogens with zero attached hydrogens (tertiary/aromatic N) is 3. The number of aliphatic imine (C=N–C) groups is 1. The fourth-order valence-electron chi connectivity index (χ4n) is 1.82. The van der Waals surface area contributed by atoms with Crippen molar-refractivity contribution >= 4 is 5.96 Å². The van der Waals surface area contributed by atoms with Gasteiger partial charge in [-0.1, -0.05) is 26.2 Å². The molecule has 5 heteroatoms. The lowest BCUT2D eigenvalue weighted by Gasteiger charge is -2.10. The Morgan fingerprint density at radius 1 is 1.26 bits per heavy atom. The number of hydrogen-bond acceptors (Lipinski definition) is 2. The highest BCUT2D eigenvalue weighted by molar-refractivity contribution is 5.79. The van der Waals surface area contributed by atoms with Crippen molar-refractivity contribution in [3.05, 3.63) is 18.0 Å². The zero-order valence-electron chi connectivity index (χ0n) is 12.4. The molecule has 0 bridgehead atoms. The minimum absolute atomic E-state index is 0.665. The van der Waals surface area contributed by atoms with E-state index in [1.165, 1.54) is 25.7 Å². The van der Waals surface area contributed by atoms with Gasteiger partial charge in [0.25, 0.3) is 0 Å². The van der Waals surface area contributed by atoms with Crippen LogP contribution in [-0.4, -0.2) is 28.8 Å². The molecule has 0 spiro atoms. The van der Waals surface area contributed by atoms with Gasteiger partial charge in [0.05, 0.1) is 12.7 Å². The third kappa shape index (κ3) is 6.84. The SMILES string of the molecule is CCCCCCNC(=NCc1cnn(C)c1)NCC. The Kier molecular flexibility index (Phi) is 7.70. The van der Waals surface area contributed by atoms with Crippen LogP contribution in [0.5, 0.6) is 0 Å². The molecule has 1 rings (SSSR count). The van der Waals surface area contributed by atoms with Gasteiger partial charge in [0.2, 0.25) is 0 Å². The van der Waals surface area contributed by atoms with E-state index in [9.17, 15) is 0 Å². The maximum absolute atomic E-state index is 4.56. The first kappa shape index (κ1) is 15.5. The standard InChI is InChI=1S/C14H27N5/c1-4-6-7-8-9-16-14(15-5-2)17-10-13-11-18-19(3)12-13/h11-12H,4-10H2,1-3H3,(H2,15,16,17). The van der Waals surface area contributed by atoms with Crippen LogP contribution in [0.3, 0.4) is 0 Å². The molecule has 0 aliphatic carbocycles. The van der Waals surface area contributed by atoms with Crippen LogP contribution in [0, 0.1) is 0 Å². The van der Waals surface area contributed by atoms with E-state index in [2.05, 4.69) is 34.6 Å². The van der Waals surface area contributed by atoms with E-state index in [-0.39, 0.29) is 0 Å². The average Bonchev–Trinajstić information content (AvgIpc) is 2.81. The van der Waals surface area contributed by atoms with E-state index in [4.69, 9.17) is 0 Å². The molecule has 0 fully saturated rings. The number of aryl methyl sites for hydroxylation is 1. The number of hydrogen-bond donors (Lipinski definition) is 2. The minimum Gasteiger partial charge on any atom is -0.357 e. The Morgan fingerprint density at radius 3 is 2.74 bits per heavy atom. The predicted octanol–water partition coefficient (Wildman–Crippen LogP) is 2.06. The minimum atomic E-state index is 0.665. The van der Waals surface area contributed by atoms with Gasteiger partial charge in [-0.25, -0.2) is 4.99 Å². The van der Waals surface area contributed by atoms with Crippen LogP contribution in [0.1, 0.15) is 45.1 Å². The summed E-state index contributed by atoms with van der Waals surface area (Å²) >= 11 is 0. The lowest BCUT2D eigenvalue weighted by molar-refractivity contribution is 0.647. The molecule has 1 aromatic heterocycles. The zero-order valence-corrected chi connectivity index (χ0v) is 12.4. The lowest BCUT2D eigenvalue weighted by atomic mass is 10.2. The Labute approximate surface area is 116 Å². The van der Waals surface area contributed by atoms with Gasteiger partial charge >= 0.3 is 0 Å². The fourth-order valence-corrected chi connectivity index (χ4v) is 1.82. The number of unbranched alkanes of at least 4 members (excludes halogenated alkanes) is 3. The first-order valence-electron chi connectivity index (χ1n) is 7.26. The van der Waals surface area contributed by atoms with Crippen LogP contribution in [0.2, 0.25) is 0 Å². The summed E-state index contributed by atoms with van der Waals surface area (Å²) in [4.78, 5) is 4.56. The van der Waals surface area contributed by atoms with E-state index in [1.807, 2.05) is 19.4 Å². The fraction of sp³-hybridized carbons (Fsp3) is 0.714. The summed E-state index contributed by atoms with van der Waals surface area (Å²) in [5, 5.41) is 10.8. The molecule has 0 aliphatic heterocycles. The normalized spacial score (nSPS) is 11.6. The van der Waals surface area contributed by atoms with Gasteiger partial charge in [-0.2, -0.15) is 5.10 Å². The molecular formula is C14H27N5. The molecule has 0 amide bonds. The molecule has 0 unspecified atom stereocenters. The van der Waals surface area contributed by atoms with Gasteiger partial charge in [0.1, 0.15) is 0 Å². The van der Waals surface area contributed by atoms with E-state index in [0.717, 1.165) is 24.6 Å². The summed E-state index contributed by atoms with van der Waals surface area (Å²) in [6.45, 7) is 6.84. The van der Waals surface area contributed by atoms with Crippen molar-refractivity contribution in [2.45, 2.75) is 46.1 Å². The van der Waals surface area contributed by atoms with Crippen molar-refractivity contribution < 1.29 is 0 Å². The second-order valence-corrected chi connectivity index (χ2v) is 4.70. The van der Waals surface area contributed by atoms with Crippen molar-refractivity contribution in [1.82, 2.24) is 20.4 Å². The molecule has 5 nitrogen and oxygen atoms in total. The van der Waals surface area contributed by atoms with Crippen molar-refractivity contribution in [3.8, 4) is 0 Å². The monoisotopic (exact) mass is 265 g/mol. The van der Waals surface area contributed by atoms with Crippen LogP contribution in [-0.2, 0) is 13.6 Å². The summed E-state index contributed by atoms with van der Waals surface area (Å²) in [6, 6.07) is 0. The largest absolute Gasteiger partial charge is 0.357 e. The van der Waals surface area contributed by atoms with Crippen molar-refractivity contribution in [3.63, 3.8) is 0 Å². The van der Waals surface area contributed by atoms with Crippen molar-refractivity contribution in [2.24, 2.45) is 12.0 Å². The van der Waals surface area contributed by atoms with Crippen LogP contribution in [0.15, 0.2) is 17.4 Å². The second-order valence-electron chi connectivity index (χ2n) is 4.70. The van der Waals surface area contributed by atoms with Gasteiger partial charge in [0, 0.05) is 31.9 Å². The van der Waals surface area contributed by atoms with E-state index in [0.29, 0.717) is 6.54 Å². The molecular weight excluding hydrogens is 238 g/mol. The molecule has 108 valence electrons. The maximum atomic E-state index is 4.56. The number of aromatic nitrogens is 2. The van der Waals surface area contributed by atoms with Crippen LogP contribution >= 0.6 is 0 Å². The van der Waals surface area contributed by atoms with Crippen LogP contribution in [0.4, 0.5) is 0 Å². The average molecular weight is 265 g/mol. The number of rotatable bonds is 8. The molecule has 1 heterocycles. The second kappa shape index (κ2) is 9.42. The highest BCUT2D eigenvalue weighted by atomic mass is 15.2. The summed E-state index contributed by atoms with van der Waals surface area (Å²) in [7, 11) is 1.92. The van der Waals surface area contributed by atoms with Gasteiger partial charge in [-0.15, -0.1) is 0 Å². The Bertz CT molecular complexity index is 370. The summed E-state index contributed by atoms with van der Waals surface area (Å²) < 4.78 is 1.80. The van der Waals surface area contributed by atoms with Gasteiger partial charge in [0.15, 0.2) is 5.96 Å². The lowest BCUT2D eigenvalue weighted by Crippen LogP contribution is -2.37. The van der Waals surface area contributed by atoms with E-state index in [1.54, 1.807) is 4.68 Å². The van der Waals surface area contributed by atoms with Crippen molar-refractivity contribution in [2.75, 3.05) is 13.1 Å². The quantitative estimate of drug-likeness (QED) is 0.430. The number of guanidine groups is 1. The first-order valence-corrected chi connectivity index (χ1v) is 7.26. The molecule has 0 radical (unpaired) electrons. The smallest absolute Gasteiger partial charge is 0.191 e. The molecule has 0 saturated heterocycles. The molecule has 0 aromatic carbocycles.